The minimum atomic E-state index is -0.902. The molecule has 2 N–H and O–H groups in total. The van der Waals surface area contributed by atoms with E-state index in [4.69, 9.17) is 4.74 Å². The monoisotopic (exact) mass is 348 g/mol. The standard InChI is InChI=1S/C20H32N2O3/c1-19(2,3)25-18(23)22-12-8-9-16(14-22)13-21-15-20(4,24)17-10-6-5-7-11-17/h5-7,10-11,16,21,24H,8-9,12-15H2,1-4H3. The van der Waals surface area contributed by atoms with Crippen molar-refractivity contribution in [3.05, 3.63) is 35.9 Å². The third kappa shape index (κ3) is 6.33. The summed E-state index contributed by atoms with van der Waals surface area (Å²) in [5.41, 5.74) is -0.459. The van der Waals surface area contributed by atoms with E-state index in [1.807, 2.05) is 58.0 Å². The van der Waals surface area contributed by atoms with Crippen LogP contribution in [-0.2, 0) is 10.3 Å². The van der Waals surface area contributed by atoms with Crippen LogP contribution in [0.25, 0.3) is 0 Å². The lowest BCUT2D eigenvalue weighted by molar-refractivity contribution is 0.0156. The van der Waals surface area contributed by atoms with Crippen molar-refractivity contribution in [3.8, 4) is 0 Å². The highest BCUT2D eigenvalue weighted by atomic mass is 16.6. The van der Waals surface area contributed by atoms with Gasteiger partial charge in [-0.2, -0.15) is 0 Å². The highest BCUT2D eigenvalue weighted by molar-refractivity contribution is 5.68. The van der Waals surface area contributed by atoms with E-state index in [1.54, 1.807) is 4.90 Å². The Kier molecular flexibility index (Phi) is 6.47. The maximum atomic E-state index is 12.2. The van der Waals surface area contributed by atoms with Crippen LogP contribution < -0.4 is 5.32 Å². The molecule has 0 radical (unpaired) electrons. The number of ether oxygens (including phenoxy) is 1. The van der Waals surface area contributed by atoms with E-state index in [0.717, 1.165) is 31.5 Å². The molecule has 1 heterocycles. The first-order chi connectivity index (χ1) is 11.7. The molecule has 1 aromatic rings. The molecule has 1 aromatic carbocycles. The van der Waals surface area contributed by atoms with E-state index in [2.05, 4.69) is 5.32 Å². The van der Waals surface area contributed by atoms with Crippen molar-refractivity contribution < 1.29 is 14.6 Å². The lowest BCUT2D eigenvalue weighted by Gasteiger charge is -2.34. The number of benzene rings is 1. The third-order valence-corrected chi connectivity index (χ3v) is 4.47. The van der Waals surface area contributed by atoms with Crippen LogP contribution in [0.4, 0.5) is 4.79 Å². The summed E-state index contributed by atoms with van der Waals surface area (Å²) in [5.74, 6) is 0.382. The van der Waals surface area contributed by atoms with Crippen LogP contribution in [0.3, 0.4) is 0 Å². The molecular formula is C20H32N2O3. The largest absolute Gasteiger partial charge is 0.444 e. The van der Waals surface area contributed by atoms with Crippen molar-refractivity contribution in [1.29, 1.82) is 0 Å². The fourth-order valence-corrected chi connectivity index (χ4v) is 3.14. The SMILES string of the molecule is CC(C)(C)OC(=O)N1CCCC(CNCC(C)(O)c2ccccc2)C1. The molecule has 2 rings (SSSR count). The predicted molar refractivity (Wildman–Crippen MR) is 99.4 cm³/mol. The summed E-state index contributed by atoms with van der Waals surface area (Å²) < 4.78 is 5.47. The first-order valence-corrected chi connectivity index (χ1v) is 9.14. The maximum Gasteiger partial charge on any atom is 0.410 e. The lowest BCUT2D eigenvalue weighted by atomic mass is 9.95. The number of carbonyl (C=O) groups excluding carboxylic acids is 1. The van der Waals surface area contributed by atoms with Gasteiger partial charge in [-0.3, -0.25) is 0 Å². The lowest BCUT2D eigenvalue weighted by Crippen LogP contribution is -2.46. The summed E-state index contributed by atoms with van der Waals surface area (Å²) >= 11 is 0. The first kappa shape index (κ1) is 19.7. The van der Waals surface area contributed by atoms with Gasteiger partial charge >= 0.3 is 6.09 Å². The minimum absolute atomic E-state index is 0.228. The van der Waals surface area contributed by atoms with Gasteiger partial charge < -0.3 is 20.1 Å². The average Bonchev–Trinajstić information content (AvgIpc) is 2.54. The molecule has 0 aromatic heterocycles. The van der Waals surface area contributed by atoms with E-state index >= 15 is 0 Å². The smallest absolute Gasteiger partial charge is 0.410 e. The van der Waals surface area contributed by atoms with Gasteiger partial charge in [0, 0.05) is 19.6 Å². The normalized spacial score (nSPS) is 20.8. The predicted octanol–water partition coefficient (Wildman–Crippen LogP) is 3.13. The van der Waals surface area contributed by atoms with Crippen LogP contribution in [0.5, 0.6) is 0 Å². The molecular weight excluding hydrogens is 316 g/mol. The number of hydrogen-bond acceptors (Lipinski definition) is 4. The van der Waals surface area contributed by atoms with Gasteiger partial charge in [0.05, 0.1) is 5.60 Å². The number of rotatable bonds is 5. The Labute approximate surface area is 151 Å². The number of amides is 1. The molecule has 1 fully saturated rings. The van der Waals surface area contributed by atoms with Gasteiger partial charge in [0.25, 0.3) is 0 Å². The molecule has 5 heteroatoms. The molecule has 140 valence electrons. The second-order valence-electron chi connectivity index (χ2n) is 8.21. The van der Waals surface area contributed by atoms with Crippen LogP contribution in [0.15, 0.2) is 30.3 Å². The second-order valence-corrected chi connectivity index (χ2v) is 8.21. The highest BCUT2D eigenvalue weighted by Crippen LogP contribution is 2.21. The topological polar surface area (TPSA) is 61.8 Å². The van der Waals surface area contributed by atoms with Gasteiger partial charge in [-0.05, 0) is 58.6 Å². The molecule has 5 nitrogen and oxygen atoms in total. The van der Waals surface area contributed by atoms with E-state index in [1.165, 1.54) is 0 Å². The Bertz CT molecular complexity index is 552. The second kappa shape index (κ2) is 8.19. The Morgan fingerprint density at radius 2 is 1.96 bits per heavy atom. The minimum Gasteiger partial charge on any atom is -0.444 e. The van der Waals surface area contributed by atoms with Gasteiger partial charge in [-0.25, -0.2) is 4.79 Å². The molecule has 0 bridgehead atoms. The van der Waals surface area contributed by atoms with Crippen molar-refractivity contribution >= 4 is 6.09 Å². The van der Waals surface area contributed by atoms with Crippen LogP contribution >= 0.6 is 0 Å². The Morgan fingerprint density at radius 1 is 1.28 bits per heavy atom. The number of likely N-dealkylation sites (tertiary alicyclic amines) is 1. The number of nitrogens with zero attached hydrogens (tertiary/aromatic N) is 1. The number of carbonyl (C=O) groups is 1. The maximum absolute atomic E-state index is 12.2. The molecule has 1 aliphatic rings. The van der Waals surface area contributed by atoms with Crippen LogP contribution in [0.2, 0.25) is 0 Å². The molecule has 0 spiro atoms. The van der Waals surface area contributed by atoms with Crippen LogP contribution in [0, 0.1) is 5.92 Å². The van der Waals surface area contributed by atoms with Gasteiger partial charge in [0.1, 0.15) is 5.60 Å². The van der Waals surface area contributed by atoms with Crippen molar-refractivity contribution in [2.75, 3.05) is 26.2 Å². The molecule has 0 aliphatic carbocycles. The van der Waals surface area contributed by atoms with Crippen LogP contribution in [0.1, 0.15) is 46.1 Å². The molecule has 2 atom stereocenters. The zero-order valence-corrected chi connectivity index (χ0v) is 15.9. The van der Waals surface area contributed by atoms with Crippen molar-refractivity contribution in [2.24, 2.45) is 5.92 Å². The Hall–Kier alpha value is -1.59. The molecule has 1 aliphatic heterocycles. The summed E-state index contributed by atoms with van der Waals surface area (Å²) in [4.78, 5) is 14.0. The summed E-state index contributed by atoms with van der Waals surface area (Å²) in [6, 6.07) is 9.69. The average molecular weight is 348 g/mol. The quantitative estimate of drug-likeness (QED) is 0.858. The summed E-state index contributed by atoms with van der Waals surface area (Å²) in [5, 5.41) is 14.0. The fraction of sp³-hybridized carbons (Fsp3) is 0.650. The molecule has 25 heavy (non-hydrogen) atoms. The third-order valence-electron chi connectivity index (χ3n) is 4.47. The molecule has 2 unspecified atom stereocenters. The van der Waals surface area contributed by atoms with Gasteiger partial charge in [0.15, 0.2) is 0 Å². The van der Waals surface area contributed by atoms with E-state index in [-0.39, 0.29) is 6.09 Å². The van der Waals surface area contributed by atoms with Crippen LogP contribution in [-0.4, -0.2) is 47.9 Å². The number of piperidine rings is 1. The molecule has 1 amide bonds. The number of aliphatic hydroxyl groups is 1. The Balaban J connectivity index is 1.80. The van der Waals surface area contributed by atoms with Gasteiger partial charge in [0.2, 0.25) is 0 Å². The summed E-state index contributed by atoms with van der Waals surface area (Å²) in [6.07, 6.45) is 1.84. The van der Waals surface area contributed by atoms with Crippen molar-refractivity contribution in [1.82, 2.24) is 10.2 Å². The number of nitrogens with one attached hydrogen (secondary N) is 1. The van der Waals surface area contributed by atoms with Crippen molar-refractivity contribution in [3.63, 3.8) is 0 Å². The summed E-state index contributed by atoms with van der Waals surface area (Å²) in [6.45, 7) is 10.2. The van der Waals surface area contributed by atoms with E-state index in [9.17, 15) is 9.90 Å². The molecule has 1 saturated heterocycles. The zero-order chi connectivity index (χ0) is 18.5. The first-order valence-electron chi connectivity index (χ1n) is 9.14. The van der Waals surface area contributed by atoms with Gasteiger partial charge in [-0.1, -0.05) is 30.3 Å². The Morgan fingerprint density at radius 3 is 2.60 bits per heavy atom. The number of hydrogen-bond donors (Lipinski definition) is 2. The van der Waals surface area contributed by atoms with Gasteiger partial charge in [-0.15, -0.1) is 0 Å². The fourth-order valence-electron chi connectivity index (χ4n) is 3.14. The van der Waals surface area contributed by atoms with Crippen molar-refractivity contribution in [2.45, 2.75) is 51.7 Å². The van der Waals surface area contributed by atoms with E-state index < -0.39 is 11.2 Å². The zero-order valence-electron chi connectivity index (χ0n) is 15.9. The summed E-state index contributed by atoms with van der Waals surface area (Å²) in [7, 11) is 0. The highest BCUT2D eigenvalue weighted by Gasteiger charge is 2.28. The van der Waals surface area contributed by atoms with E-state index in [0.29, 0.717) is 19.0 Å². The molecule has 0 saturated carbocycles.